The lowest BCUT2D eigenvalue weighted by Crippen LogP contribution is -2.51. The van der Waals surface area contributed by atoms with Crippen molar-refractivity contribution in [1.82, 2.24) is 10.6 Å². The fourth-order valence-electron chi connectivity index (χ4n) is 2.12. The Labute approximate surface area is 120 Å². The molecule has 0 bridgehead atoms. The van der Waals surface area contributed by atoms with Gasteiger partial charge in [-0.2, -0.15) is 0 Å². The molecule has 1 aliphatic heterocycles. The molecule has 1 atom stereocenters. The molecule has 5 nitrogen and oxygen atoms in total. The lowest BCUT2D eigenvalue weighted by atomic mass is 10.0. The Balaban J connectivity index is 2.38. The van der Waals surface area contributed by atoms with Crippen LogP contribution in [0.5, 0.6) is 0 Å². The molecule has 102 valence electrons. The Hall–Kier alpha value is -1.40. The summed E-state index contributed by atoms with van der Waals surface area (Å²) in [6.45, 7) is 2.45. The largest absolute Gasteiger partial charge is 0.353 e. The highest BCUT2D eigenvalue weighted by atomic mass is 79.9. The zero-order valence-electron chi connectivity index (χ0n) is 10.9. The number of nitrogens with zero attached hydrogens (tertiary/aromatic N) is 1. The standard InChI is InChI=1S/C13H16BrN3O2/c1-8(15-2)10-5-9(14)3-4-11(10)17-6-12(18)16-13(19)7-17/h3-5,8,15H,6-7H2,1-2H3,(H,16,18,19). The highest BCUT2D eigenvalue weighted by Crippen LogP contribution is 2.29. The maximum absolute atomic E-state index is 11.5. The first kappa shape index (κ1) is 14.0. The van der Waals surface area contributed by atoms with Crippen molar-refractivity contribution in [2.45, 2.75) is 13.0 Å². The van der Waals surface area contributed by atoms with Gasteiger partial charge in [-0.15, -0.1) is 0 Å². The Bertz CT molecular complexity index is 503. The average molecular weight is 326 g/mol. The minimum absolute atomic E-state index is 0.132. The van der Waals surface area contributed by atoms with Crippen LogP contribution in [0.15, 0.2) is 22.7 Å². The van der Waals surface area contributed by atoms with Crippen LogP contribution in [-0.4, -0.2) is 32.0 Å². The third kappa shape index (κ3) is 3.13. The van der Waals surface area contributed by atoms with E-state index in [-0.39, 0.29) is 30.9 Å². The smallest absolute Gasteiger partial charge is 0.246 e. The summed E-state index contributed by atoms with van der Waals surface area (Å²) in [6, 6.07) is 5.98. The maximum atomic E-state index is 11.5. The van der Waals surface area contributed by atoms with Crippen molar-refractivity contribution < 1.29 is 9.59 Å². The first-order valence-corrected chi connectivity index (χ1v) is 6.85. The molecule has 1 aliphatic rings. The number of imide groups is 1. The van der Waals surface area contributed by atoms with E-state index in [0.29, 0.717) is 0 Å². The Kier molecular flexibility index (Phi) is 4.21. The summed E-state index contributed by atoms with van der Waals surface area (Å²) in [4.78, 5) is 24.8. The Morgan fingerprint density at radius 3 is 2.53 bits per heavy atom. The zero-order valence-corrected chi connectivity index (χ0v) is 12.5. The number of piperazine rings is 1. The van der Waals surface area contributed by atoms with Crippen LogP contribution in [0.1, 0.15) is 18.5 Å². The summed E-state index contributed by atoms with van der Waals surface area (Å²) in [5, 5.41) is 5.49. The molecule has 0 spiro atoms. The second-order valence-electron chi connectivity index (χ2n) is 4.54. The molecule has 2 amide bonds. The predicted molar refractivity (Wildman–Crippen MR) is 77.0 cm³/mol. The van der Waals surface area contributed by atoms with E-state index in [9.17, 15) is 9.59 Å². The molecule has 2 N–H and O–H groups in total. The number of nitrogens with one attached hydrogen (secondary N) is 2. The molecule has 1 aromatic carbocycles. The molecule has 2 rings (SSSR count). The van der Waals surface area contributed by atoms with Crippen LogP contribution in [0.3, 0.4) is 0 Å². The van der Waals surface area contributed by atoms with Crippen molar-refractivity contribution in [2.75, 3.05) is 25.0 Å². The molecule has 0 saturated carbocycles. The summed E-state index contributed by atoms with van der Waals surface area (Å²) in [6.07, 6.45) is 0. The number of rotatable bonds is 3. The first-order valence-electron chi connectivity index (χ1n) is 6.05. The summed E-state index contributed by atoms with van der Waals surface area (Å²) in [5.74, 6) is -0.524. The van der Waals surface area contributed by atoms with Crippen LogP contribution >= 0.6 is 15.9 Å². The van der Waals surface area contributed by atoms with Gasteiger partial charge in [-0.3, -0.25) is 14.9 Å². The predicted octanol–water partition coefficient (Wildman–Crippen LogP) is 1.19. The SMILES string of the molecule is CNC(C)c1cc(Br)ccc1N1CC(=O)NC(=O)C1. The van der Waals surface area contributed by atoms with E-state index in [2.05, 4.69) is 26.6 Å². The van der Waals surface area contributed by atoms with Gasteiger partial charge in [0.2, 0.25) is 11.8 Å². The van der Waals surface area contributed by atoms with Crippen LogP contribution in [0, 0.1) is 0 Å². The average Bonchev–Trinajstić information content (AvgIpc) is 2.36. The number of anilines is 1. The Morgan fingerprint density at radius 2 is 1.95 bits per heavy atom. The highest BCUT2D eigenvalue weighted by molar-refractivity contribution is 9.10. The second kappa shape index (κ2) is 5.71. The van der Waals surface area contributed by atoms with Crippen LogP contribution in [0.2, 0.25) is 0 Å². The minimum Gasteiger partial charge on any atom is -0.353 e. The molecule has 1 fully saturated rings. The number of halogens is 1. The van der Waals surface area contributed by atoms with E-state index in [1.165, 1.54) is 0 Å². The normalized spacial score (nSPS) is 17.3. The van der Waals surface area contributed by atoms with Gasteiger partial charge in [0.05, 0.1) is 13.1 Å². The molecule has 6 heteroatoms. The van der Waals surface area contributed by atoms with Crippen molar-refractivity contribution in [3.63, 3.8) is 0 Å². The quantitative estimate of drug-likeness (QED) is 0.820. The lowest BCUT2D eigenvalue weighted by molar-refractivity contribution is -0.130. The van der Waals surface area contributed by atoms with E-state index in [0.717, 1.165) is 15.7 Å². The van der Waals surface area contributed by atoms with Gasteiger partial charge < -0.3 is 10.2 Å². The van der Waals surface area contributed by atoms with Crippen LogP contribution in [0.25, 0.3) is 0 Å². The van der Waals surface area contributed by atoms with Gasteiger partial charge in [0.1, 0.15) is 0 Å². The summed E-state index contributed by atoms with van der Waals surface area (Å²) in [5.41, 5.74) is 1.97. The van der Waals surface area contributed by atoms with E-state index >= 15 is 0 Å². The number of hydrogen-bond acceptors (Lipinski definition) is 4. The fraction of sp³-hybridized carbons (Fsp3) is 0.385. The van der Waals surface area contributed by atoms with Crippen molar-refractivity contribution in [1.29, 1.82) is 0 Å². The zero-order chi connectivity index (χ0) is 14.0. The molecule has 1 unspecified atom stereocenters. The summed E-state index contributed by atoms with van der Waals surface area (Å²) in [7, 11) is 1.88. The van der Waals surface area contributed by atoms with Crippen molar-refractivity contribution >= 4 is 33.4 Å². The number of carbonyl (C=O) groups is 2. The molecule has 0 radical (unpaired) electrons. The maximum Gasteiger partial charge on any atom is 0.246 e. The third-order valence-electron chi connectivity index (χ3n) is 3.18. The number of carbonyl (C=O) groups excluding carboxylic acids is 2. The van der Waals surface area contributed by atoms with E-state index in [4.69, 9.17) is 0 Å². The molecule has 19 heavy (non-hydrogen) atoms. The molecule has 1 aromatic rings. The van der Waals surface area contributed by atoms with Gasteiger partial charge in [-0.25, -0.2) is 0 Å². The minimum atomic E-state index is -0.262. The Morgan fingerprint density at radius 1 is 1.32 bits per heavy atom. The monoisotopic (exact) mass is 325 g/mol. The van der Waals surface area contributed by atoms with Crippen molar-refractivity contribution in [3.8, 4) is 0 Å². The van der Waals surface area contributed by atoms with E-state index < -0.39 is 0 Å². The first-order chi connectivity index (χ1) is 9.01. The number of benzene rings is 1. The highest BCUT2D eigenvalue weighted by Gasteiger charge is 2.25. The van der Waals surface area contributed by atoms with Gasteiger partial charge in [-0.05, 0) is 37.7 Å². The van der Waals surface area contributed by atoms with Gasteiger partial charge in [0, 0.05) is 16.2 Å². The van der Waals surface area contributed by atoms with E-state index in [1.807, 2.05) is 32.2 Å². The second-order valence-corrected chi connectivity index (χ2v) is 5.46. The molecule has 0 aliphatic carbocycles. The van der Waals surface area contributed by atoms with Crippen molar-refractivity contribution in [3.05, 3.63) is 28.2 Å². The van der Waals surface area contributed by atoms with Gasteiger partial charge in [0.25, 0.3) is 0 Å². The topological polar surface area (TPSA) is 61.4 Å². The number of hydrogen-bond donors (Lipinski definition) is 2. The molecular weight excluding hydrogens is 310 g/mol. The molecule has 1 heterocycles. The van der Waals surface area contributed by atoms with Crippen molar-refractivity contribution in [2.24, 2.45) is 0 Å². The fourth-order valence-corrected chi connectivity index (χ4v) is 2.50. The summed E-state index contributed by atoms with van der Waals surface area (Å²) < 4.78 is 0.973. The third-order valence-corrected chi connectivity index (χ3v) is 3.67. The molecular formula is C13H16BrN3O2. The summed E-state index contributed by atoms with van der Waals surface area (Å²) >= 11 is 3.45. The van der Waals surface area contributed by atoms with Gasteiger partial charge in [-0.1, -0.05) is 15.9 Å². The van der Waals surface area contributed by atoms with Gasteiger partial charge in [0.15, 0.2) is 0 Å². The number of amides is 2. The van der Waals surface area contributed by atoms with Crippen LogP contribution in [-0.2, 0) is 9.59 Å². The molecule has 1 saturated heterocycles. The molecule has 0 aromatic heterocycles. The van der Waals surface area contributed by atoms with Crippen LogP contribution in [0.4, 0.5) is 5.69 Å². The lowest BCUT2D eigenvalue weighted by Gasteiger charge is -2.30. The van der Waals surface area contributed by atoms with Gasteiger partial charge >= 0.3 is 0 Å². The van der Waals surface area contributed by atoms with E-state index in [1.54, 1.807) is 4.90 Å². The van der Waals surface area contributed by atoms with Crippen LogP contribution < -0.4 is 15.5 Å².